The van der Waals surface area contributed by atoms with Crippen LogP contribution in [0.3, 0.4) is 0 Å². The third kappa shape index (κ3) is 3.53. The van der Waals surface area contributed by atoms with E-state index in [0.717, 1.165) is 24.1 Å². The average molecular weight is 334 g/mol. The molecule has 4 rings (SSSR count). The van der Waals surface area contributed by atoms with Gasteiger partial charge in [-0.15, -0.1) is 0 Å². The number of rotatable bonds is 5. The summed E-state index contributed by atoms with van der Waals surface area (Å²) in [4.78, 5) is 15.5. The van der Waals surface area contributed by atoms with Crippen LogP contribution in [0.1, 0.15) is 17.5 Å². The normalized spacial score (nSPS) is 16.2. The van der Waals surface area contributed by atoms with Gasteiger partial charge in [0.1, 0.15) is 5.75 Å². The fourth-order valence-electron chi connectivity index (χ4n) is 3.46. The summed E-state index contributed by atoms with van der Waals surface area (Å²) in [7, 11) is 0. The van der Waals surface area contributed by atoms with Gasteiger partial charge in [-0.25, -0.2) is 0 Å². The van der Waals surface area contributed by atoms with Crippen LogP contribution in [-0.2, 0) is 17.6 Å². The maximum absolute atomic E-state index is 12.2. The third-order valence-corrected chi connectivity index (χ3v) is 4.84. The number of hydrogen-bond acceptors (Lipinski definition) is 2. The van der Waals surface area contributed by atoms with Gasteiger partial charge in [0.05, 0.1) is 6.61 Å². The zero-order chi connectivity index (χ0) is 17.1. The Hall–Kier alpha value is -2.75. The summed E-state index contributed by atoms with van der Waals surface area (Å²) in [6.45, 7) is 1.33. The largest absolute Gasteiger partial charge is 0.493 e. The molecule has 1 aliphatic rings. The summed E-state index contributed by atoms with van der Waals surface area (Å²) in [6.07, 6.45) is 4.22. The number of ether oxygens (including phenoxy) is 1. The number of carbonyl (C=O) groups excluding carboxylic acids is 1. The van der Waals surface area contributed by atoms with Crippen molar-refractivity contribution < 1.29 is 9.53 Å². The van der Waals surface area contributed by atoms with E-state index in [0.29, 0.717) is 25.5 Å². The first-order valence-corrected chi connectivity index (χ1v) is 8.82. The smallest absolute Gasteiger partial charge is 0.220 e. The van der Waals surface area contributed by atoms with E-state index in [1.165, 1.54) is 16.5 Å². The second kappa shape index (κ2) is 7.01. The number of benzene rings is 2. The molecule has 2 N–H and O–H groups in total. The summed E-state index contributed by atoms with van der Waals surface area (Å²) >= 11 is 0. The van der Waals surface area contributed by atoms with Gasteiger partial charge < -0.3 is 15.0 Å². The molecular formula is C21H22N2O2. The lowest BCUT2D eigenvalue weighted by Crippen LogP contribution is -2.34. The molecule has 25 heavy (non-hydrogen) atoms. The Morgan fingerprint density at radius 1 is 1.16 bits per heavy atom. The van der Waals surface area contributed by atoms with Gasteiger partial charge in [0, 0.05) is 36.0 Å². The number of aromatic amines is 1. The van der Waals surface area contributed by atoms with E-state index in [4.69, 9.17) is 4.74 Å². The molecule has 0 bridgehead atoms. The summed E-state index contributed by atoms with van der Waals surface area (Å²) in [5.41, 5.74) is 3.54. The van der Waals surface area contributed by atoms with E-state index >= 15 is 0 Å². The van der Waals surface area contributed by atoms with Crippen LogP contribution in [0.2, 0.25) is 0 Å². The highest BCUT2D eigenvalue weighted by Crippen LogP contribution is 2.26. The summed E-state index contributed by atoms with van der Waals surface area (Å²) in [5.74, 6) is 1.42. The van der Waals surface area contributed by atoms with E-state index in [1.54, 1.807) is 0 Å². The van der Waals surface area contributed by atoms with Gasteiger partial charge in [0.15, 0.2) is 0 Å². The third-order valence-electron chi connectivity index (χ3n) is 4.84. The van der Waals surface area contributed by atoms with Gasteiger partial charge in [-0.1, -0.05) is 36.4 Å². The molecule has 0 saturated heterocycles. The number of nitrogens with one attached hydrogen (secondary N) is 2. The lowest BCUT2D eigenvalue weighted by Gasteiger charge is -2.25. The van der Waals surface area contributed by atoms with Crippen LogP contribution in [0.4, 0.5) is 0 Å². The number of aromatic nitrogens is 1. The topological polar surface area (TPSA) is 54.1 Å². The van der Waals surface area contributed by atoms with E-state index < -0.39 is 0 Å². The molecule has 4 nitrogen and oxygen atoms in total. The average Bonchev–Trinajstić information content (AvgIpc) is 3.08. The zero-order valence-corrected chi connectivity index (χ0v) is 14.1. The van der Waals surface area contributed by atoms with Crippen LogP contribution < -0.4 is 10.1 Å². The second-order valence-corrected chi connectivity index (χ2v) is 6.65. The molecule has 1 unspecified atom stereocenters. The standard InChI is InChI=1S/C21H22N2O2/c24-21(10-9-17-13-22-19-7-3-2-6-18(17)19)23-12-15-11-16-5-1-4-8-20(16)25-14-15/h1-8,13,15,22H,9-12,14H2,(H,23,24). The highest BCUT2D eigenvalue weighted by molar-refractivity contribution is 5.84. The van der Waals surface area contributed by atoms with E-state index in [2.05, 4.69) is 28.5 Å². The van der Waals surface area contributed by atoms with Crippen molar-refractivity contribution in [2.45, 2.75) is 19.3 Å². The molecule has 4 heteroatoms. The van der Waals surface area contributed by atoms with Gasteiger partial charge in [-0.2, -0.15) is 0 Å². The van der Waals surface area contributed by atoms with Gasteiger partial charge >= 0.3 is 0 Å². The summed E-state index contributed by atoms with van der Waals surface area (Å²) in [5, 5.41) is 4.27. The van der Waals surface area contributed by atoms with Crippen molar-refractivity contribution in [2.75, 3.05) is 13.2 Å². The highest BCUT2D eigenvalue weighted by Gasteiger charge is 2.19. The molecule has 1 aliphatic heterocycles. The zero-order valence-electron chi connectivity index (χ0n) is 14.1. The number of carbonyl (C=O) groups is 1. The first kappa shape index (κ1) is 15.8. The number of aryl methyl sites for hydroxylation is 1. The summed E-state index contributed by atoms with van der Waals surface area (Å²) in [6, 6.07) is 16.3. The van der Waals surface area contributed by atoms with Crippen molar-refractivity contribution in [1.82, 2.24) is 10.3 Å². The number of hydrogen-bond donors (Lipinski definition) is 2. The monoisotopic (exact) mass is 334 g/mol. The van der Waals surface area contributed by atoms with Crippen molar-refractivity contribution in [3.8, 4) is 5.75 Å². The van der Waals surface area contributed by atoms with Gasteiger partial charge in [-0.05, 0) is 36.1 Å². The molecule has 2 heterocycles. The Balaban J connectivity index is 1.27. The molecule has 1 atom stereocenters. The highest BCUT2D eigenvalue weighted by atomic mass is 16.5. The Morgan fingerprint density at radius 2 is 2.00 bits per heavy atom. The predicted octanol–water partition coefficient (Wildman–Crippen LogP) is 3.47. The Morgan fingerprint density at radius 3 is 2.96 bits per heavy atom. The van der Waals surface area contributed by atoms with Gasteiger partial charge in [0.25, 0.3) is 0 Å². The van der Waals surface area contributed by atoms with E-state index in [9.17, 15) is 4.79 Å². The Bertz CT molecular complexity index is 884. The predicted molar refractivity (Wildman–Crippen MR) is 98.8 cm³/mol. The molecule has 0 spiro atoms. The first-order valence-electron chi connectivity index (χ1n) is 8.82. The summed E-state index contributed by atoms with van der Waals surface area (Å²) < 4.78 is 5.78. The van der Waals surface area contributed by atoms with Crippen LogP contribution in [0, 0.1) is 5.92 Å². The number of para-hydroxylation sites is 2. The van der Waals surface area contributed by atoms with Crippen molar-refractivity contribution in [3.05, 3.63) is 65.9 Å². The van der Waals surface area contributed by atoms with Crippen LogP contribution in [-0.4, -0.2) is 24.0 Å². The van der Waals surface area contributed by atoms with Crippen molar-refractivity contribution in [2.24, 2.45) is 5.92 Å². The minimum Gasteiger partial charge on any atom is -0.493 e. The SMILES string of the molecule is O=C(CCc1c[nH]c2ccccc12)NCC1COc2ccccc2C1. The fourth-order valence-corrected chi connectivity index (χ4v) is 3.46. The molecule has 1 amide bonds. The molecule has 3 aromatic rings. The minimum absolute atomic E-state index is 0.101. The molecule has 2 aromatic carbocycles. The Kier molecular flexibility index (Phi) is 4.42. The molecule has 1 aromatic heterocycles. The lowest BCUT2D eigenvalue weighted by atomic mass is 9.96. The van der Waals surface area contributed by atoms with Gasteiger partial charge in [-0.3, -0.25) is 4.79 Å². The van der Waals surface area contributed by atoms with Crippen LogP contribution in [0.25, 0.3) is 10.9 Å². The maximum atomic E-state index is 12.2. The molecule has 128 valence electrons. The molecule has 0 radical (unpaired) electrons. The quantitative estimate of drug-likeness (QED) is 0.751. The molecule has 0 fully saturated rings. The van der Waals surface area contributed by atoms with E-state index in [1.807, 2.05) is 36.5 Å². The lowest BCUT2D eigenvalue weighted by molar-refractivity contribution is -0.121. The molecular weight excluding hydrogens is 312 g/mol. The van der Waals surface area contributed by atoms with Crippen molar-refractivity contribution >= 4 is 16.8 Å². The maximum Gasteiger partial charge on any atom is 0.220 e. The Labute approximate surface area is 147 Å². The van der Waals surface area contributed by atoms with Crippen LogP contribution >= 0.6 is 0 Å². The fraction of sp³-hybridized carbons (Fsp3) is 0.286. The van der Waals surface area contributed by atoms with Crippen LogP contribution in [0.15, 0.2) is 54.7 Å². The van der Waals surface area contributed by atoms with Crippen molar-refractivity contribution in [1.29, 1.82) is 0 Å². The second-order valence-electron chi connectivity index (χ2n) is 6.65. The number of fused-ring (bicyclic) bond motifs is 2. The number of amides is 1. The first-order chi connectivity index (χ1) is 12.3. The minimum atomic E-state index is 0.101. The molecule has 0 saturated carbocycles. The van der Waals surface area contributed by atoms with Crippen LogP contribution in [0.5, 0.6) is 5.75 Å². The van der Waals surface area contributed by atoms with E-state index in [-0.39, 0.29) is 5.91 Å². The van der Waals surface area contributed by atoms with Crippen molar-refractivity contribution in [3.63, 3.8) is 0 Å². The number of H-pyrrole nitrogens is 1. The van der Waals surface area contributed by atoms with Gasteiger partial charge in [0.2, 0.25) is 5.91 Å². The molecule has 0 aliphatic carbocycles.